The summed E-state index contributed by atoms with van der Waals surface area (Å²) in [5.74, 6) is -0.841. The second-order valence-electron chi connectivity index (χ2n) is 3.72. The number of hydrogen-bond acceptors (Lipinski definition) is 3. The molecule has 0 N–H and O–H groups in total. The molecule has 0 aliphatic rings. The predicted molar refractivity (Wildman–Crippen MR) is 59.4 cm³/mol. The number of hydrogen-bond donors (Lipinski definition) is 0. The zero-order valence-electron chi connectivity index (χ0n) is 8.87. The van der Waals surface area contributed by atoms with Gasteiger partial charge in [-0.25, -0.2) is 9.37 Å². The van der Waals surface area contributed by atoms with Gasteiger partial charge in [-0.05, 0) is 12.0 Å². The molecule has 5 heteroatoms. The first kappa shape index (κ1) is 11.1. The van der Waals surface area contributed by atoms with Crippen LogP contribution in [-0.4, -0.2) is 9.97 Å². The Morgan fingerprint density at radius 3 is 2.56 bits per heavy atom. The average Bonchev–Trinajstić information content (AvgIpc) is 2.60. The van der Waals surface area contributed by atoms with Gasteiger partial charge in [0.25, 0.3) is 0 Å². The summed E-state index contributed by atoms with van der Waals surface area (Å²) in [6.45, 7) is 3.79. The molecule has 16 heavy (non-hydrogen) atoms. The van der Waals surface area contributed by atoms with E-state index in [4.69, 9.17) is 0 Å². The van der Waals surface area contributed by atoms with Crippen molar-refractivity contribution < 1.29 is 8.78 Å². The third kappa shape index (κ3) is 2.09. The first-order valence-corrected chi connectivity index (χ1v) is 5.66. The van der Waals surface area contributed by atoms with E-state index in [-0.39, 0.29) is 5.92 Å². The number of aromatic nitrogens is 2. The van der Waals surface area contributed by atoms with E-state index in [9.17, 15) is 8.78 Å². The fourth-order valence-electron chi connectivity index (χ4n) is 1.32. The van der Waals surface area contributed by atoms with Crippen molar-refractivity contribution in [3.8, 4) is 10.6 Å². The summed E-state index contributed by atoms with van der Waals surface area (Å²) in [5.41, 5.74) is 0.510. The summed E-state index contributed by atoms with van der Waals surface area (Å²) in [7, 11) is 0. The second kappa shape index (κ2) is 4.25. The summed E-state index contributed by atoms with van der Waals surface area (Å²) >= 11 is 1.24. The molecule has 2 rings (SSSR count). The van der Waals surface area contributed by atoms with Crippen LogP contribution in [0.2, 0.25) is 0 Å². The Hall–Kier alpha value is -1.36. The van der Waals surface area contributed by atoms with Crippen molar-refractivity contribution in [2.45, 2.75) is 19.8 Å². The first-order chi connectivity index (χ1) is 7.58. The fourth-order valence-corrected chi connectivity index (χ4v) is 2.25. The average molecular weight is 240 g/mol. The molecule has 0 amide bonds. The molecule has 0 saturated carbocycles. The first-order valence-electron chi connectivity index (χ1n) is 4.85. The lowest BCUT2D eigenvalue weighted by atomic mass is 10.2. The van der Waals surface area contributed by atoms with Crippen LogP contribution in [0.4, 0.5) is 8.78 Å². The Bertz CT molecular complexity index is 508. The van der Waals surface area contributed by atoms with Crippen molar-refractivity contribution in [3.05, 3.63) is 35.1 Å². The van der Waals surface area contributed by atoms with Gasteiger partial charge in [-0.15, -0.1) is 11.3 Å². The van der Waals surface area contributed by atoms with E-state index in [1.807, 2.05) is 13.8 Å². The van der Waals surface area contributed by atoms with Crippen LogP contribution in [0.15, 0.2) is 18.5 Å². The Morgan fingerprint density at radius 2 is 2.00 bits per heavy atom. The molecule has 0 saturated heterocycles. The number of halogens is 2. The third-order valence-corrected chi connectivity index (χ3v) is 3.47. The van der Waals surface area contributed by atoms with E-state index in [1.54, 1.807) is 0 Å². The van der Waals surface area contributed by atoms with Gasteiger partial charge in [0, 0.05) is 11.8 Å². The second-order valence-corrected chi connectivity index (χ2v) is 4.75. The maximum atomic E-state index is 13.4. The van der Waals surface area contributed by atoms with Gasteiger partial charge in [0.1, 0.15) is 10.8 Å². The molecule has 0 fully saturated rings. The summed E-state index contributed by atoms with van der Waals surface area (Å²) in [6, 6.07) is 1.30. The highest BCUT2D eigenvalue weighted by atomic mass is 32.1. The maximum Gasteiger partial charge on any atom is 0.227 e. The molecule has 0 radical (unpaired) electrons. The normalized spacial score (nSPS) is 11.1. The van der Waals surface area contributed by atoms with E-state index in [0.29, 0.717) is 15.4 Å². The van der Waals surface area contributed by atoms with Crippen molar-refractivity contribution in [1.29, 1.82) is 0 Å². The standard InChI is InChI=1S/C11H10F2N2S/c1-6(2)9-10(13)15-11(16-9)7-3-8(12)5-14-4-7/h3-6H,1-2H3. The van der Waals surface area contributed by atoms with Gasteiger partial charge in [-0.2, -0.15) is 4.39 Å². The molecule has 2 heterocycles. The van der Waals surface area contributed by atoms with Crippen LogP contribution in [0.3, 0.4) is 0 Å². The Balaban J connectivity index is 2.45. The van der Waals surface area contributed by atoms with Gasteiger partial charge in [0.05, 0.1) is 11.1 Å². The summed E-state index contributed by atoms with van der Waals surface area (Å²) < 4.78 is 26.4. The zero-order chi connectivity index (χ0) is 11.7. The van der Waals surface area contributed by atoms with Crippen LogP contribution >= 0.6 is 11.3 Å². The lowest BCUT2D eigenvalue weighted by molar-refractivity contribution is 0.570. The summed E-state index contributed by atoms with van der Waals surface area (Å²) in [6.07, 6.45) is 2.59. The quantitative estimate of drug-likeness (QED) is 0.801. The smallest absolute Gasteiger partial charge is 0.227 e. The number of nitrogens with zero attached hydrogens (tertiary/aromatic N) is 2. The number of thiazole rings is 1. The van der Waals surface area contributed by atoms with Crippen molar-refractivity contribution in [3.63, 3.8) is 0 Å². The Morgan fingerprint density at radius 1 is 1.25 bits per heavy atom. The molecule has 2 aromatic rings. The molecular formula is C11H10F2N2S. The SMILES string of the molecule is CC(C)c1sc(-c2cncc(F)c2)nc1F. The van der Waals surface area contributed by atoms with Gasteiger partial charge in [0.15, 0.2) is 0 Å². The molecule has 0 unspecified atom stereocenters. The van der Waals surface area contributed by atoms with Crippen LogP contribution < -0.4 is 0 Å². The lowest BCUT2D eigenvalue weighted by Crippen LogP contribution is -1.86. The van der Waals surface area contributed by atoms with E-state index < -0.39 is 11.8 Å². The summed E-state index contributed by atoms with van der Waals surface area (Å²) in [5, 5.41) is 0.466. The van der Waals surface area contributed by atoms with E-state index >= 15 is 0 Å². The van der Waals surface area contributed by atoms with Gasteiger partial charge in [-0.1, -0.05) is 13.8 Å². The van der Waals surface area contributed by atoms with E-state index in [2.05, 4.69) is 9.97 Å². The van der Waals surface area contributed by atoms with Crippen molar-refractivity contribution >= 4 is 11.3 Å². The van der Waals surface area contributed by atoms with Crippen LogP contribution in [0.1, 0.15) is 24.6 Å². The minimum atomic E-state index is -0.473. The number of pyridine rings is 1. The molecule has 0 atom stereocenters. The van der Waals surface area contributed by atoms with Gasteiger partial charge in [0.2, 0.25) is 5.95 Å². The molecule has 0 aliphatic heterocycles. The van der Waals surface area contributed by atoms with Crippen molar-refractivity contribution in [2.75, 3.05) is 0 Å². The molecule has 2 nitrogen and oxygen atoms in total. The highest BCUT2D eigenvalue weighted by molar-refractivity contribution is 7.15. The van der Waals surface area contributed by atoms with Crippen LogP contribution in [0.5, 0.6) is 0 Å². The van der Waals surface area contributed by atoms with Gasteiger partial charge in [-0.3, -0.25) is 4.98 Å². The van der Waals surface area contributed by atoms with E-state index in [0.717, 1.165) is 6.20 Å². The highest BCUT2D eigenvalue weighted by Gasteiger charge is 2.15. The molecule has 84 valence electrons. The van der Waals surface area contributed by atoms with Crippen LogP contribution in [-0.2, 0) is 0 Å². The fraction of sp³-hybridized carbons (Fsp3) is 0.273. The third-order valence-electron chi connectivity index (χ3n) is 2.09. The topological polar surface area (TPSA) is 25.8 Å². The van der Waals surface area contributed by atoms with Crippen molar-refractivity contribution in [1.82, 2.24) is 9.97 Å². The molecule has 0 aliphatic carbocycles. The Labute approximate surface area is 96.0 Å². The van der Waals surface area contributed by atoms with E-state index in [1.165, 1.54) is 23.6 Å². The summed E-state index contributed by atoms with van der Waals surface area (Å²) in [4.78, 5) is 8.08. The minimum absolute atomic E-state index is 0.0766. The molecule has 0 bridgehead atoms. The highest BCUT2D eigenvalue weighted by Crippen LogP contribution is 2.31. The van der Waals surface area contributed by atoms with Gasteiger partial charge >= 0.3 is 0 Å². The van der Waals surface area contributed by atoms with Crippen LogP contribution in [0.25, 0.3) is 10.6 Å². The minimum Gasteiger partial charge on any atom is -0.261 e. The zero-order valence-corrected chi connectivity index (χ0v) is 9.68. The monoisotopic (exact) mass is 240 g/mol. The van der Waals surface area contributed by atoms with Crippen LogP contribution in [0, 0.1) is 11.8 Å². The molecule has 0 aromatic carbocycles. The Kier molecular flexibility index (Phi) is 2.96. The lowest BCUT2D eigenvalue weighted by Gasteiger charge is -1.97. The number of rotatable bonds is 2. The largest absolute Gasteiger partial charge is 0.261 e. The van der Waals surface area contributed by atoms with Gasteiger partial charge < -0.3 is 0 Å². The molecule has 0 spiro atoms. The maximum absolute atomic E-state index is 13.4. The molecule has 2 aromatic heterocycles. The molecular weight excluding hydrogens is 230 g/mol. The predicted octanol–water partition coefficient (Wildman–Crippen LogP) is 3.61. The van der Waals surface area contributed by atoms with Crippen molar-refractivity contribution in [2.24, 2.45) is 0 Å².